The Morgan fingerprint density at radius 1 is 1.11 bits per heavy atom. The van der Waals surface area contributed by atoms with E-state index in [1.807, 2.05) is 31.2 Å². The Balaban J connectivity index is 1.95. The molecule has 0 aromatic heterocycles. The van der Waals surface area contributed by atoms with Crippen LogP contribution in [0.15, 0.2) is 48.5 Å². The quantitative estimate of drug-likeness (QED) is 0.729. The van der Waals surface area contributed by atoms with E-state index in [9.17, 15) is 4.79 Å². The SMILES string of the molecule is CC1(C(=O)/C=C/c2cccc3ccccc23)CC1. The molecular formula is C17H16O. The second-order valence-corrected chi connectivity index (χ2v) is 5.33. The van der Waals surface area contributed by atoms with Crippen molar-refractivity contribution in [3.05, 3.63) is 54.1 Å². The molecule has 0 aliphatic heterocycles. The lowest BCUT2D eigenvalue weighted by Crippen LogP contribution is -2.07. The number of carbonyl (C=O) groups excluding carboxylic acids is 1. The van der Waals surface area contributed by atoms with Gasteiger partial charge in [0, 0.05) is 5.41 Å². The van der Waals surface area contributed by atoms with Crippen LogP contribution in [0.5, 0.6) is 0 Å². The van der Waals surface area contributed by atoms with Crippen LogP contribution in [-0.4, -0.2) is 5.78 Å². The Bertz CT molecular complexity index is 628. The predicted octanol–water partition coefficient (Wildman–Crippen LogP) is 4.22. The average Bonchev–Trinajstić information content (AvgIpc) is 3.15. The first kappa shape index (κ1) is 11.2. The molecule has 0 spiro atoms. The third-order valence-electron chi connectivity index (χ3n) is 3.83. The number of fused-ring (bicyclic) bond motifs is 1. The second-order valence-electron chi connectivity index (χ2n) is 5.33. The monoisotopic (exact) mass is 236 g/mol. The molecule has 18 heavy (non-hydrogen) atoms. The molecule has 2 aromatic carbocycles. The van der Waals surface area contributed by atoms with Gasteiger partial charge in [-0.05, 0) is 35.3 Å². The van der Waals surface area contributed by atoms with E-state index in [2.05, 4.69) is 24.3 Å². The lowest BCUT2D eigenvalue weighted by Gasteiger charge is -2.03. The first-order valence-corrected chi connectivity index (χ1v) is 6.39. The summed E-state index contributed by atoms with van der Waals surface area (Å²) in [4.78, 5) is 11.9. The Kier molecular flexibility index (Phi) is 2.55. The maximum absolute atomic E-state index is 11.9. The van der Waals surface area contributed by atoms with Crippen LogP contribution in [-0.2, 0) is 4.79 Å². The molecule has 0 atom stereocenters. The number of ketones is 1. The standard InChI is InChI=1S/C17H16O/c1-17(11-12-17)16(18)10-9-14-7-4-6-13-5-2-3-8-15(13)14/h2-10H,11-12H2,1H3/b10-9+. The molecule has 0 unspecified atom stereocenters. The van der Waals surface area contributed by atoms with Crippen molar-refractivity contribution in [3.63, 3.8) is 0 Å². The number of carbonyl (C=O) groups is 1. The minimum absolute atomic E-state index is 0.0684. The molecule has 0 radical (unpaired) electrons. The van der Waals surface area contributed by atoms with Crippen LogP contribution in [0.2, 0.25) is 0 Å². The van der Waals surface area contributed by atoms with E-state index >= 15 is 0 Å². The molecule has 1 saturated carbocycles. The van der Waals surface area contributed by atoms with Crippen molar-refractivity contribution in [1.82, 2.24) is 0 Å². The van der Waals surface area contributed by atoms with Crippen LogP contribution in [0.4, 0.5) is 0 Å². The summed E-state index contributed by atoms with van der Waals surface area (Å²) in [6, 6.07) is 14.4. The fourth-order valence-electron chi connectivity index (χ4n) is 2.20. The molecule has 1 fully saturated rings. The van der Waals surface area contributed by atoms with Crippen LogP contribution >= 0.6 is 0 Å². The smallest absolute Gasteiger partial charge is 0.161 e. The predicted molar refractivity (Wildman–Crippen MR) is 75.3 cm³/mol. The van der Waals surface area contributed by atoms with E-state index in [1.165, 1.54) is 10.8 Å². The highest BCUT2D eigenvalue weighted by atomic mass is 16.1. The van der Waals surface area contributed by atoms with Crippen molar-refractivity contribution in [2.45, 2.75) is 19.8 Å². The van der Waals surface area contributed by atoms with Crippen molar-refractivity contribution in [2.75, 3.05) is 0 Å². The van der Waals surface area contributed by atoms with E-state index in [4.69, 9.17) is 0 Å². The van der Waals surface area contributed by atoms with Crippen molar-refractivity contribution in [2.24, 2.45) is 5.41 Å². The van der Waals surface area contributed by atoms with Crippen LogP contribution < -0.4 is 0 Å². The van der Waals surface area contributed by atoms with Gasteiger partial charge in [0.15, 0.2) is 5.78 Å². The fraction of sp³-hybridized carbons (Fsp3) is 0.235. The van der Waals surface area contributed by atoms with Gasteiger partial charge in [-0.1, -0.05) is 55.5 Å². The summed E-state index contributed by atoms with van der Waals surface area (Å²) < 4.78 is 0. The molecule has 3 rings (SSSR count). The van der Waals surface area contributed by atoms with Crippen molar-refractivity contribution in [3.8, 4) is 0 Å². The zero-order chi connectivity index (χ0) is 12.6. The summed E-state index contributed by atoms with van der Waals surface area (Å²) >= 11 is 0. The zero-order valence-electron chi connectivity index (χ0n) is 10.5. The lowest BCUT2D eigenvalue weighted by atomic mass is 10.0. The molecule has 2 aromatic rings. The van der Waals surface area contributed by atoms with Gasteiger partial charge in [0.05, 0.1) is 0 Å². The lowest BCUT2D eigenvalue weighted by molar-refractivity contribution is -0.118. The Morgan fingerprint density at radius 3 is 2.61 bits per heavy atom. The van der Waals surface area contributed by atoms with Gasteiger partial charge in [0.1, 0.15) is 0 Å². The van der Waals surface area contributed by atoms with Gasteiger partial charge in [-0.2, -0.15) is 0 Å². The van der Waals surface area contributed by atoms with Gasteiger partial charge in [-0.25, -0.2) is 0 Å². The highest BCUT2D eigenvalue weighted by Gasteiger charge is 2.42. The highest BCUT2D eigenvalue weighted by molar-refractivity contribution is 6.01. The molecule has 0 amide bonds. The minimum Gasteiger partial charge on any atom is -0.294 e. The van der Waals surface area contributed by atoms with Gasteiger partial charge < -0.3 is 0 Å². The summed E-state index contributed by atoms with van der Waals surface area (Å²) in [6.45, 7) is 2.04. The Hall–Kier alpha value is -1.89. The molecule has 1 aliphatic rings. The molecule has 0 heterocycles. The van der Waals surface area contributed by atoms with Crippen molar-refractivity contribution in [1.29, 1.82) is 0 Å². The summed E-state index contributed by atoms with van der Waals surface area (Å²) in [5, 5.41) is 2.41. The van der Waals surface area contributed by atoms with E-state index in [1.54, 1.807) is 6.08 Å². The highest BCUT2D eigenvalue weighted by Crippen LogP contribution is 2.46. The second kappa shape index (κ2) is 4.09. The molecule has 1 nitrogen and oxygen atoms in total. The fourth-order valence-corrected chi connectivity index (χ4v) is 2.20. The van der Waals surface area contributed by atoms with Crippen LogP contribution in [0, 0.1) is 5.41 Å². The largest absolute Gasteiger partial charge is 0.294 e. The molecular weight excluding hydrogens is 220 g/mol. The van der Waals surface area contributed by atoms with Crippen LogP contribution in [0.1, 0.15) is 25.3 Å². The van der Waals surface area contributed by atoms with Gasteiger partial charge in [-0.3, -0.25) is 4.79 Å². The summed E-state index contributed by atoms with van der Waals surface area (Å²) in [6.07, 6.45) is 5.76. The minimum atomic E-state index is -0.0684. The molecule has 0 saturated heterocycles. The first-order chi connectivity index (χ1) is 8.69. The molecule has 0 bridgehead atoms. The Morgan fingerprint density at radius 2 is 1.83 bits per heavy atom. The Labute approximate surface area is 107 Å². The molecule has 1 heteroatoms. The third-order valence-corrected chi connectivity index (χ3v) is 3.83. The summed E-state index contributed by atoms with van der Waals surface area (Å²) in [5.74, 6) is 0.260. The maximum Gasteiger partial charge on any atom is 0.161 e. The summed E-state index contributed by atoms with van der Waals surface area (Å²) in [5.41, 5.74) is 1.05. The molecule has 90 valence electrons. The van der Waals surface area contributed by atoms with Gasteiger partial charge >= 0.3 is 0 Å². The maximum atomic E-state index is 11.9. The molecule has 1 aliphatic carbocycles. The number of hydrogen-bond acceptors (Lipinski definition) is 1. The normalized spacial score (nSPS) is 17.2. The first-order valence-electron chi connectivity index (χ1n) is 6.39. The van der Waals surface area contributed by atoms with Crippen LogP contribution in [0.3, 0.4) is 0 Å². The van der Waals surface area contributed by atoms with Crippen LogP contribution in [0.25, 0.3) is 16.8 Å². The van der Waals surface area contributed by atoms with Gasteiger partial charge in [-0.15, -0.1) is 0 Å². The van der Waals surface area contributed by atoms with Gasteiger partial charge in [0.2, 0.25) is 0 Å². The van der Waals surface area contributed by atoms with E-state index in [0.717, 1.165) is 18.4 Å². The van der Waals surface area contributed by atoms with Crippen molar-refractivity contribution >= 4 is 22.6 Å². The molecule has 0 N–H and O–H groups in total. The average molecular weight is 236 g/mol. The zero-order valence-corrected chi connectivity index (χ0v) is 10.5. The van der Waals surface area contributed by atoms with E-state index < -0.39 is 0 Å². The number of rotatable bonds is 3. The summed E-state index contributed by atoms with van der Waals surface area (Å²) in [7, 11) is 0. The topological polar surface area (TPSA) is 17.1 Å². The van der Waals surface area contributed by atoms with E-state index in [0.29, 0.717) is 0 Å². The third kappa shape index (κ3) is 1.97. The number of allylic oxidation sites excluding steroid dienone is 1. The van der Waals surface area contributed by atoms with Crippen molar-refractivity contribution < 1.29 is 4.79 Å². The number of benzene rings is 2. The number of hydrogen-bond donors (Lipinski definition) is 0. The van der Waals surface area contributed by atoms with E-state index in [-0.39, 0.29) is 11.2 Å². The van der Waals surface area contributed by atoms with Gasteiger partial charge in [0.25, 0.3) is 0 Å².